The third-order valence-electron chi connectivity index (χ3n) is 3.86. The lowest BCUT2D eigenvalue weighted by molar-refractivity contribution is -0.128. The molecule has 0 atom stereocenters. The highest BCUT2D eigenvalue weighted by Crippen LogP contribution is 2.32. The molecule has 0 saturated carbocycles. The minimum atomic E-state index is -0.294. The molecule has 2 aromatic carbocycles. The Morgan fingerprint density at radius 1 is 1.12 bits per heavy atom. The van der Waals surface area contributed by atoms with E-state index in [-0.39, 0.29) is 24.3 Å². The molecule has 0 bridgehead atoms. The van der Waals surface area contributed by atoms with Gasteiger partial charge in [-0.2, -0.15) is 0 Å². The number of hydrogen-bond donors (Lipinski definition) is 1. The van der Waals surface area contributed by atoms with Crippen molar-refractivity contribution >= 4 is 17.9 Å². The molecule has 1 heterocycles. The van der Waals surface area contributed by atoms with E-state index in [2.05, 4.69) is 5.32 Å². The second-order valence-electron chi connectivity index (χ2n) is 6.00. The standard InChI is InChI=1S/C20H20N2O4/c1-14(23)21-17(10-15-6-4-3-5-7-15)20(24)22(2)12-16-8-9-18-19(11-16)26-13-25-18/h3-11H,12-13H2,1-2H3,(H,21,23)/b17-10+. The number of carbonyl (C=O) groups is 2. The van der Waals surface area contributed by atoms with Crippen molar-refractivity contribution in [1.82, 2.24) is 10.2 Å². The van der Waals surface area contributed by atoms with Crippen molar-refractivity contribution in [3.8, 4) is 11.5 Å². The maximum atomic E-state index is 12.8. The molecule has 0 aliphatic carbocycles. The summed E-state index contributed by atoms with van der Waals surface area (Å²) in [6.45, 7) is 1.96. The van der Waals surface area contributed by atoms with Gasteiger partial charge in [0.25, 0.3) is 5.91 Å². The van der Waals surface area contributed by atoms with Crippen LogP contribution >= 0.6 is 0 Å². The SMILES string of the molecule is CC(=O)N/C(=C/c1ccccc1)C(=O)N(C)Cc1ccc2c(c1)OCO2. The van der Waals surface area contributed by atoms with E-state index >= 15 is 0 Å². The van der Waals surface area contributed by atoms with Gasteiger partial charge in [0.2, 0.25) is 12.7 Å². The quantitative estimate of drug-likeness (QED) is 0.840. The zero-order chi connectivity index (χ0) is 18.5. The van der Waals surface area contributed by atoms with E-state index in [9.17, 15) is 9.59 Å². The van der Waals surface area contributed by atoms with Crippen molar-refractivity contribution in [2.45, 2.75) is 13.5 Å². The van der Waals surface area contributed by atoms with Crippen molar-refractivity contribution in [1.29, 1.82) is 0 Å². The van der Waals surface area contributed by atoms with Crippen molar-refractivity contribution in [2.24, 2.45) is 0 Å². The Morgan fingerprint density at radius 2 is 1.85 bits per heavy atom. The molecule has 0 unspecified atom stereocenters. The molecule has 0 radical (unpaired) electrons. The molecule has 1 aliphatic heterocycles. The molecule has 2 amide bonds. The fraction of sp³-hybridized carbons (Fsp3) is 0.200. The number of hydrogen-bond acceptors (Lipinski definition) is 4. The van der Waals surface area contributed by atoms with Gasteiger partial charge in [0, 0.05) is 20.5 Å². The average molecular weight is 352 g/mol. The number of nitrogens with one attached hydrogen (secondary N) is 1. The lowest BCUT2D eigenvalue weighted by Crippen LogP contribution is -2.35. The molecule has 134 valence electrons. The summed E-state index contributed by atoms with van der Waals surface area (Å²) in [4.78, 5) is 25.9. The Kier molecular flexibility index (Phi) is 5.22. The van der Waals surface area contributed by atoms with Crippen LogP contribution in [-0.2, 0) is 16.1 Å². The highest BCUT2D eigenvalue weighted by Gasteiger charge is 2.18. The molecule has 26 heavy (non-hydrogen) atoms. The van der Waals surface area contributed by atoms with Gasteiger partial charge in [-0.25, -0.2) is 0 Å². The molecular weight excluding hydrogens is 332 g/mol. The highest BCUT2D eigenvalue weighted by atomic mass is 16.7. The topological polar surface area (TPSA) is 67.9 Å². The average Bonchev–Trinajstić information content (AvgIpc) is 3.08. The molecule has 0 saturated heterocycles. The van der Waals surface area contributed by atoms with Crippen LogP contribution in [0.4, 0.5) is 0 Å². The first kappa shape index (κ1) is 17.5. The lowest BCUT2D eigenvalue weighted by atomic mass is 10.1. The number of carbonyl (C=O) groups excluding carboxylic acids is 2. The number of benzene rings is 2. The molecule has 6 heteroatoms. The van der Waals surface area contributed by atoms with Crippen LogP contribution in [0.25, 0.3) is 6.08 Å². The molecule has 0 fully saturated rings. The molecule has 0 aromatic heterocycles. The van der Waals surface area contributed by atoms with Gasteiger partial charge in [0.1, 0.15) is 5.70 Å². The van der Waals surface area contributed by atoms with E-state index in [1.54, 1.807) is 18.0 Å². The number of ether oxygens (including phenoxy) is 2. The zero-order valence-corrected chi connectivity index (χ0v) is 14.7. The monoisotopic (exact) mass is 352 g/mol. The largest absolute Gasteiger partial charge is 0.454 e. The second kappa shape index (κ2) is 7.74. The van der Waals surface area contributed by atoms with Gasteiger partial charge in [-0.05, 0) is 29.3 Å². The van der Waals surface area contributed by atoms with Crippen LogP contribution in [0.5, 0.6) is 11.5 Å². The summed E-state index contributed by atoms with van der Waals surface area (Å²) in [5, 5.41) is 2.62. The fourth-order valence-electron chi connectivity index (χ4n) is 2.65. The Hall–Kier alpha value is -3.28. The first-order chi connectivity index (χ1) is 12.5. The normalized spacial score (nSPS) is 12.6. The summed E-state index contributed by atoms with van der Waals surface area (Å²) in [5.74, 6) is 0.801. The molecule has 1 N–H and O–H groups in total. The Morgan fingerprint density at radius 3 is 2.58 bits per heavy atom. The van der Waals surface area contributed by atoms with Crippen molar-refractivity contribution in [3.05, 3.63) is 65.4 Å². The summed E-state index contributed by atoms with van der Waals surface area (Å²) in [6.07, 6.45) is 1.67. The first-order valence-corrected chi connectivity index (χ1v) is 8.21. The van der Waals surface area contributed by atoms with Crippen molar-refractivity contribution in [2.75, 3.05) is 13.8 Å². The summed E-state index contributed by atoms with van der Waals surface area (Å²) >= 11 is 0. The van der Waals surface area contributed by atoms with Crippen LogP contribution in [0.3, 0.4) is 0 Å². The van der Waals surface area contributed by atoms with Gasteiger partial charge in [0.15, 0.2) is 11.5 Å². The van der Waals surface area contributed by atoms with E-state index in [1.807, 2.05) is 48.5 Å². The van der Waals surface area contributed by atoms with Crippen molar-refractivity contribution in [3.63, 3.8) is 0 Å². The summed E-state index contributed by atoms with van der Waals surface area (Å²) in [7, 11) is 1.69. The van der Waals surface area contributed by atoms with E-state index < -0.39 is 0 Å². The first-order valence-electron chi connectivity index (χ1n) is 8.21. The Bertz CT molecular complexity index is 846. The minimum Gasteiger partial charge on any atom is -0.454 e. The van der Waals surface area contributed by atoms with Crippen molar-refractivity contribution < 1.29 is 19.1 Å². The molecule has 0 spiro atoms. The highest BCUT2D eigenvalue weighted by molar-refractivity contribution is 6.00. The Labute approximate surface area is 152 Å². The fourth-order valence-corrected chi connectivity index (χ4v) is 2.65. The lowest BCUT2D eigenvalue weighted by Gasteiger charge is -2.19. The van der Waals surface area contributed by atoms with E-state index in [0.717, 1.165) is 11.1 Å². The van der Waals surface area contributed by atoms with Crippen LogP contribution in [0.2, 0.25) is 0 Å². The van der Waals surface area contributed by atoms with Gasteiger partial charge in [-0.15, -0.1) is 0 Å². The smallest absolute Gasteiger partial charge is 0.270 e. The summed E-state index contributed by atoms with van der Waals surface area (Å²) in [5.41, 5.74) is 1.97. The number of likely N-dealkylation sites (N-methyl/N-ethyl adjacent to an activating group) is 1. The van der Waals surface area contributed by atoms with Crippen LogP contribution in [0.15, 0.2) is 54.2 Å². The third-order valence-corrected chi connectivity index (χ3v) is 3.86. The number of amides is 2. The second-order valence-corrected chi connectivity index (χ2v) is 6.00. The zero-order valence-electron chi connectivity index (χ0n) is 14.7. The van der Waals surface area contributed by atoms with Crippen LogP contribution in [-0.4, -0.2) is 30.6 Å². The van der Waals surface area contributed by atoms with Crippen LogP contribution in [0, 0.1) is 0 Å². The predicted molar refractivity (Wildman–Crippen MR) is 97.3 cm³/mol. The van der Waals surface area contributed by atoms with Gasteiger partial charge >= 0.3 is 0 Å². The molecule has 1 aliphatic rings. The van der Waals surface area contributed by atoms with E-state index in [0.29, 0.717) is 18.0 Å². The maximum absolute atomic E-state index is 12.8. The summed E-state index contributed by atoms with van der Waals surface area (Å²) in [6, 6.07) is 14.9. The van der Waals surface area contributed by atoms with Gasteiger partial charge < -0.3 is 19.7 Å². The third kappa shape index (κ3) is 4.22. The molecule has 3 rings (SSSR count). The van der Waals surface area contributed by atoms with E-state index in [4.69, 9.17) is 9.47 Å². The number of nitrogens with zero attached hydrogens (tertiary/aromatic N) is 1. The molecule has 6 nitrogen and oxygen atoms in total. The number of fused-ring (bicyclic) bond motifs is 1. The number of rotatable bonds is 5. The Balaban J connectivity index is 1.77. The van der Waals surface area contributed by atoms with Crippen LogP contribution in [0.1, 0.15) is 18.1 Å². The molecular formula is C20H20N2O4. The van der Waals surface area contributed by atoms with Crippen LogP contribution < -0.4 is 14.8 Å². The van der Waals surface area contributed by atoms with Gasteiger partial charge in [-0.3, -0.25) is 9.59 Å². The van der Waals surface area contributed by atoms with Gasteiger partial charge in [0.05, 0.1) is 0 Å². The summed E-state index contributed by atoms with van der Waals surface area (Å²) < 4.78 is 10.7. The maximum Gasteiger partial charge on any atom is 0.270 e. The molecule has 2 aromatic rings. The van der Waals surface area contributed by atoms with Gasteiger partial charge in [-0.1, -0.05) is 36.4 Å². The predicted octanol–water partition coefficient (Wildman–Crippen LogP) is 2.55. The minimum absolute atomic E-state index is 0.208. The van der Waals surface area contributed by atoms with E-state index in [1.165, 1.54) is 6.92 Å².